The maximum Gasteiger partial charge on any atom is 0.300 e. The summed E-state index contributed by atoms with van der Waals surface area (Å²) in [5, 5.41) is 11.0. The molecule has 3 aromatic rings. The molecule has 0 radical (unpaired) electrons. The Labute approximate surface area is 180 Å². The van der Waals surface area contributed by atoms with E-state index in [4.69, 9.17) is 0 Å². The summed E-state index contributed by atoms with van der Waals surface area (Å²) in [5.74, 6) is -2.49. The molecule has 30 heavy (non-hydrogen) atoms. The molecule has 1 aliphatic rings. The van der Waals surface area contributed by atoms with Crippen molar-refractivity contribution < 1.29 is 19.1 Å². The lowest BCUT2D eigenvalue weighted by Crippen LogP contribution is -2.29. The van der Waals surface area contributed by atoms with Gasteiger partial charge in [0, 0.05) is 28.1 Å². The van der Waals surface area contributed by atoms with Crippen LogP contribution in [0.3, 0.4) is 0 Å². The van der Waals surface area contributed by atoms with Crippen molar-refractivity contribution in [3.8, 4) is 0 Å². The number of halogens is 2. The fourth-order valence-electron chi connectivity index (χ4n) is 3.53. The van der Waals surface area contributed by atoms with Gasteiger partial charge < -0.3 is 5.11 Å². The van der Waals surface area contributed by atoms with Gasteiger partial charge >= 0.3 is 0 Å². The first-order valence-electron chi connectivity index (χ1n) is 9.11. The second-order valence-electron chi connectivity index (χ2n) is 6.89. The van der Waals surface area contributed by atoms with Crippen LogP contribution in [-0.4, -0.2) is 21.8 Å². The number of ketones is 1. The largest absolute Gasteiger partial charge is 0.507 e. The maximum atomic E-state index is 13.9. The van der Waals surface area contributed by atoms with Crippen molar-refractivity contribution in [2.45, 2.75) is 13.0 Å². The molecule has 2 heterocycles. The molecule has 0 saturated carbocycles. The summed E-state index contributed by atoms with van der Waals surface area (Å²) in [6.07, 6.45) is 3.07. The van der Waals surface area contributed by atoms with Crippen molar-refractivity contribution in [3.63, 3.8) is 0 Å². The molecular formula is C23H16BrFN2O3. The van der Waals surface area contributed by atoms with Crippen LogP contribution in [0, 0.1) is 12.7 Å². The van der Waals surface area contributed by atoms with Crippen molar-refractivity contribution in [1.82, 2.24) is 4.98 Å². The molecule has 5 nitrogen and oxygen atoms in total. The molecule has 2 aromatic carbocycles. The highest BCUT2D eigenvalue weighted by atomic mass is 79.9. The fourth-order valence-corrected chi connectivity index (χ4v) is 3.78. The predicted octanol–water partition coefficient (Wildman–Crippen LogP) is 4.92. The molecule has 1 saturated heterocycles. The van der Waals surface area contributed by atoms with E-state index >= 15 is 0 Å². The summed E-state index contributed by atoms with van der Waals surface area (Å²) in [7, 11) is 0. The zero-order chi connectivity index (χ0) is 21.4. The molecule has 1 fully saturated rings. The second-order valence-corrected chi connectivity index (χ2v) is 7.75. The number of amides is 1. The first-order chi connectivity index (χ1) is 14.4. The molecule has 1 atom stereocenters. The van der Waals surface area contributed by atoms with E-state index in [-0.39, 0.29) is 17.0 Å². The van der Waals surface area contributed by atoms with Crippen LogP contribution in [0.25, 0.3) is 5.76 Å². The molecule has 1 N–H and O–H groups in total. The molecule has 0 spiro atoms. The molecule has 1 amide bonds. The van der Waals surface area contributed by atoms with Crippen LogP contribution in [0.4, 0.5) is 10.1 Å². The summed E-state index contributed by atoms with van der Waals surface area (Å²) in [4.78, 5) is 31.1. The quantitative estimate of drug-likeness (QED) is 0.338. The van der Waals surface area contributed by atoms with Gasteiger partial charge in [0.2, 0.25) is 0 Å². The van der Waals surface area contributed by atoms with E-state index in [1.54, 1.807) is 36.4 Å². The van der Waals surface area contributed by atoms with Gasteiger partial charge in [0.1, 0.15) is 11.6 Å². The molecule has 1 aliphatic heterocycles. The number of aliphatic hydroxyl groups excluding tert-OH is 1. The van der Waals surface area contributed by atoms with Gasteiger partial charge in [-0.1, -0.05) is 28.1 Å². The maximum absolute atomic E-state index is 13.9. The number of Topliss-reactive ketones (excluding diaryl/α,β-unsaturated/α-hetero) is 1. The second kappa shape index (κ2) is 7.84. The molecule has 0 aliphatic carbocycles. The van der Waals surface area contributed by atoms with Crippen LogP contribution < -0.4 is 4.90 Å². The highest BCUT2D eigenvalue weighted by molar-refractivity contribution is 9.10. The average molecular weight is 467 g/mol. The van der Waals surface area contributed by atoms with Crippen molar-refractivity contribution in [3.05, 3.63) is 99.5 Å². The SMILES string of the molecule is Cc1cc(/C(O)=C2\C(=O)C(=O)N(c3cccc(F)c3)C2c2ccncc2)ccc1Br. The van der Waals surface area contributed by atoms with E-state index < -0.39 is 23.5 Å². The van der Waals surface area contributed by atoms with Crippen molar-refractivity contribution >= 4 is 39.1 Å². The Balaban J connectivity index is 1.95. The molecule has 4 rings (SSSR count). The topological polar surface area (TPSA) is 70.5 Å². The van der Waals surface area contributed by atoms with Crippen molar-refractivity contribution in [2.24, 2.45) is 0 Å². The van der Waals surface area contributed by atoms with E-state index in [1.807, 2.05) is 6.92 Å². The third-order valence-corrected chi connectivity index (χ3v) is 5.87. The Bertz CT molecular complexity index is 1190. The van der Waals surface area contributed by atoms with Crippen LogP contribution in [0.2, 0.25) is 0 Å². The molecule has 7 heteroatoms. The molecule has 1 aromatic heterocycles. The van der Waals surface area contributed by atoms with Gasteiger partial charge in [0.15, 0.2) is 0 Å². The first kappa shape index (κ1) is 20.0. The van der Waals surface area contributed by atoms with Crippen LogP contribution in [0.1, 0.15) is 22.7 Å². The zero-order valence-corrected chi connectivity index (χ0v) is 17.4. The summed E-state index contributed by atoms with van der Waals surface area (Å²) in [6.45, 7) is 1.85. The van der Waals surface area contributed by atoms with Gasteiger partial charge in [-0.3, -0.25) is 19.5 Å². The normalized spacial score (nSPS) is 18.1. The Morgan fingerprint density at radius 3 is 2.50 bits per heavy atom. The highest BCUT2D eigenvalue weighted by Gasteiger charge is 2.47. The zero-order valence-electron chi connectivity index (χ0n) is 15.8. The number of aryl methyl sites for hydroxylation is 1. The van der Waals surface area contributed by atoms with Crippen LogP contribution in [0.15, 0.2) is 77.0 Å². The Morgan fingerprint density at radius 1 is 1.10 bits per heavy atom. The van der Waals surface area contributed by atoms with E-state index in [0.29, 0.717) is 11.1 Å². The molecule has 1 unspecified atom stereocenters. The summed E-state index contributed by atoms with van der Waals surface area (Å²) in [6, 6.07) is 13.0. The number of nitrogens with zero attached hydrogens (tertiary/aromatic N) is 2. The Morgan fingerprint density at radius 2 is 1.83 bits per heavy atom. The lowest BCUT2D eigenvalue weighted by Gasteiger charge is -2.25. The smallest absolute Gasteiger partial charge is 0.300 e. The average Bonchev–Trinajstić information content (AvgIpc) is 3.01. The van der Waals surface area contributed by atoms with E-state index in [9.17, 15) is 19.1 Å². The number of benzene rings is 2. The number of anilines is 1. The number of aliphatic hydroxyl groups is 1. The minimum Gasteiger partial charge on any atom is -0.507 e. The third kappa shape index (κ3) is 3.41. The van der Waals surface area contributed by atoms with Gasteiger partial charge in [-0.15, -0.1) is 0 Å². The summed E-state index contributed by atoms with van der Waals surface area (Å²) >= 11 is 3.41. The minimum atomic E-state index is -0.918. The van der Waals surface area contributed by atoms with Crippen molar-refractivity contribution in [2.75, 3.05) is 4.90 Å². The van der Waals surface area contributed by atoms with Crippen LogP contribution in [0.5, 0.6) is 0 Å². The van der Waals surface area contributed by atoms with Crippen LogP contribution in [-0.2, 0) is 9.59 Å². The van der Waals surface area contributed by atoms with E-state index in [1.165, 1.54) is 35.5 Å². The van der Waals surface area contributed by atoms with Crippen molar-refractivity contribution in [1.29, 1.82) is 0 Å². The van der Waals surface area contributed by atoms with Crippen LogP contribution >= 0.6 is 15.9 Å². The predicted molar refractivity (Wildman–Crippen MR) is 114 cm³/mol. The van der Waals surface area contributed by atoms with Gasteiger partial charge in [0.05, 0.1) is 11.6 Å². The number of rotatable bonds is 3. The number of hydrogen-bond acceptors (Lipinski definition) is 4. The van der Waals surface area contributed by atoms with Gasteiger partial charge in [-0.2, -0.15) is 0 Å². The Kier molecular flexibility index (Phi) is 5.22. The number of carbonyl (C=O) groups is 2. The van der Waals surface area contributed by atoms with E-state index in [2.05, 4.69) is 20.9 Å². The van der Waals surface area contributed by atoms with E-state index in [0.717, 1.165) is 10.0 Å². The highest BCUT2D eigenvalue weighted by Crippen LogP contribution is 2.42. The van der Waals surface area contributed by atoms with Gasteiger partial charge in [-0.05, 0) is 60.5 Å². The number of pyridine rings is 1. The molecular weight excluding hydrogens is 451 g/mol. The molecule has 150 valence electrons. The number of carbonyl (C=O) groups excluding carboxylic acids is 2. The summed E-state index contributed by atoms with van der Waals surface area (Å²) in [5.41, 5.74) is 2.01. The van der Waals surface area contributed by atoms with Gasteiger partial charge in [0.25, 0.3) is 11.7 Å². The Hall–Kier alpha value is -3.32. The first-order valence-corrected chi connectivity index (χ1v) is 9.91. The van der Waals surface area contributed by atoms with Gasteiger partial charge in [-0.25, -0.2) is 4.39 Å². The lowest BCUT2D eigenvalue weighted by atomic mass is 9.95. The third-order valence-electron chi connectivity index (χ3n) is 4.98. The fraction of sp³-hybridized carbons (Fsp3) is 0.0870. The minimum absolute atomic E-state index is 0.0582. The number of aromatic nitrogens is 1. The monoisotopic (exact) mass is 466 g/mol. The lowest BCUT2D eigenvalue weighted by molar-refractivity contribution is -0.132. The standard InChI is InChI=1S/C23H16BrFN2O3/c1-13-11-15(5-6-18(13)24)21(28)19-20(14-7-9-26-10-8-14)27(23(30)22(19)29)17-4-2-3-16(25)12-17/h2-12,20,28H,1H3/b21-19+. The summed E-state index contributed by atoms with van der Waals surface area (Å²) < 4.78 is 14.7. The molecule has 0 bridgehead atoms. The number of hydrogen-bond donors (Lipinski definition) is 1.